The molecule has 29 heavy (non-hydrogen) atoms. The second-order valence-electron chi connectivity index (χ2n) is 7.74. The highest BCUT2D eigenvalue weighted by Gasteiger charge is 2.38. The topological polar surface area (TPSA) is 74.1 Å². The van der Waals surface area contributed by atoms with Gasteiger partial charge in [0.1, 0.15) is 5.25 Å². The summed E-state index contributed by atoms with van der Waals surface area (Å²) in [6.07, 6.45) is 2.67. The van der Waals surface area contributed by atoms with Crippen LogP contribution >= 0.6 is 11.8 Å². The van der Waals surface area contributed by atoms with Gasteiger partial charge < -0.3 is 10.2 Å². The second kappa shape index (κ2) is 8.53. The maximum Gasteiger partial charge on any atom is 0.268 e. The molecule has 3 aliphatic rings. The number of guanidine groups is 1. The van der Waals surface area contributed by atoms with Crippen molar-refractivity contribution in [1.29, 1.82) is 0 Å². The molecule has 152 valence electrons. The quantitative estimate of drug-likeness (QED) is 0.828. The Hall–Kier alpha value is -2.41. The van der Waals surface area contributed by atoms with Crippen molar-refractivity contribution in [3.05, 3.63) is 40.8 Å². The summed E-state index contributed by atoms with van der Waals surface area (Å²) in [5.74, 6) is 0.290. The number of carbonyl (C=O) groups is 2. The number of piperidine rings is 1. The summed E-state index contributed by atoms with van der Waals surface area (Å²) in [6.45, 7) is 6.11. The zero-order valence-electron chi connectivity index (χ0n) is 16.9. The number of carbonyl (C=O) groups excluding carboxylic acids is 2. The van der Waals surface area contributed by atoms with Crippen molar-refractivity contribution in [2.45, 2.75) is 38.4 Å². The number of nitrogens with one attached hydrogen (secondary N) is 1. The van der Waals surface area contributed by atoms with Crippen LogP contribution in [0.1, 0.15) is 37.3 Å². The maximum absolute atomic E-state index is 12.7. The molecule has 7 heteroatoms. The lowest BCUT2D eigenvalue weighted by molar-refractivity contribution is -0.126. The fraction of sp³-hybridized carbons (Fsp3) is 0.455. The van der Waals surface area contributed by atoms with Crippen LogP contribution in [-0.2, 0) is 9.59 Å². The van der Waals surface area contributed by atoms with Crippen molar-refractivity contribution >= 4 is 40.8 Å². The zero-order valence-corrected chi connectivity index (χ0v) is 17.7. The van der Waals surface area contributed by atoms with Crippen LogP contribution in [0.4, 0.5) is 0 Å². The highest BCUT2D eigenvalue weighted by atomic mass is 32.2. The van der Waals surface area contributed by atoms with Gasteiger partial charge in [-0.1, -0.05) is 36.8 Å². The molecule has 0 bridgehead atoms. The fourth-order valence-corrected chi connectivity index (χ4v) is 4.85. The van der Waals surface area contributed by atoms with E-state index in [1.165, 1.54) is 17.3 Å². The molecule has 0 radical (unpaired) electrons. The summed E-state index contributed by atoms with van der Waals surface area (Å²) in [4.78, 5) is 36.2. The average Bonchev–Trinajstić information content (AvgIpc) is 3.17. The number of likely N-dealkylation sites (tertiary alicyclic amines) is 1. The van der Waals surface area contributed by atoms with E-state index >= 15 is 0 Å². The van der Waals surface area contributed by atoms with Gasteiger partial charge in [-0.2, -0.15) is 4.99 Å². The predicted octanol–water partition coefficient (Wildman–Crippen LogP) is 3.03. The number of aliphatic imine (C=N–C) groups is 2. The Morgan fingerprint density at radius 3 is 2.83 bits per heavy atom. The Bertz CT molecular complexity index is 904. The van der Waals surface area contributed by atoms with E-state index in [0.717, 1.165) is 42.7 Å². The van der Waals surface area contributed by atoms with E-state index in [0.29, 0.717) is 19.0 Å². The summed E-state index contributed by atoms with van der Waals surface area (Å²) in [6, 6.07) is 8.27. The minimum absolute atomic E-state index is 0.0847. The summed E-state index contributed by atoms with van der Waals surface area (Å²) < 4.78 is 0. The van der Waals surface area contributed by atoms with Gasteiger partial charge in [-0.25, -0.2) is 4.99 Å². The molecule has 0 unspecified atom stereocenters. The Morgan fingerprint density at radius 2 is 2.07 bits per heavy atom. The molecule has 1 aromatic rings. The number of allylic oxidation sites excluding steroid dienone is 1. The third kappa shape index (κ3) is 4.15. The van der Waals surface area contributed by atoms with Gasteiger partial charge in [-0.15, -0.1) is 11.8 Å². The first-order valence-electron chi connectivity index (χ1n) is 10.2. The molecule has 1 aromatic carbocycles. The smallest absolute Gasteiger partial charge is 0.268 e. The lowest BCUT2D eigenvalue weighted by atomic mass is 9.97. The molecule has 3 heterocycles. The molecule has 4 rings (SSSR count). The minimum atomic E-state index is -0.358. The third-order valence-electron chi connectivity index (χ3n) is 5.49. The molecule has 2 atom stereocenters. The van der Waals surface area contributed by atoms with Crippen molar-refractivity contribution in [2.24, 2.45) is 15.9 Å². The number of hydrogen-bond donors (Lipinski definition) is 1. The summed E-state index contributed by atoms with van der Waals surface area (Å²) in [5.41, 5.74) is 4.04. The summed E-state index contributed by atoms with van der Waals surface area (Å²) in [5, 5.41) is 4.64. The first-order chi connectivity index (χ1) is 14.1. The van der Waals surface area contributed by atoms with Gasteiger partial charge in [0.05, 0.1) is 11.6 Å². The van der Waals surface area contributed by atoms with Crippen molar-refractivity contribution in [3.63, 3.8) is 0 Å². The van der Waals surface area contributed by atoms with E-state index in [1.807, 2.05) is 17.2 Å². The van der Waals surface area contributed by atoms with E-state index in [9.17, 15) is 9.59 Å². The lowest BCUT2D eigenvalue weighted by Crippen LogP contribution is -2.47. The molecule has 2 amide bonds. The first-order valence-corrected chi connectivity index (χ1v) is 11.2. The number of fused-ring (bicyclic) bond motifs is 1. The largest absolute Gasteiger partial charge is 0.356 e. The maximum atomic E-state index is 12.7. The number of amides is 2. The summed E-state index contributed by atoms with van der Waals surface area (Å²) in [7, 11) is 0. The SMILES string of the molecule is CCCNC(=O)[C@@H]1CCCN(C2=NC(=O)[C@@H]3SC=C(c4ccc(C)cc4)C3=N2)C1. The second-order valence-corrected chi connectivity index (χ2v) is 8.72. The van der Waals surface area contributed by atoms with E-state index in [1.54, 1.807) is 0 Å². The zero-order chi connectivity index (χ0) is 20.4. The van der Waals surface area contributed by atoms with Gasteiger partial charge in [0.25, 0.3) is 5.91 Å². The van der Waals surface area contributed by atoms with Crippen LogP contribution in [0.3, 0.4) is 0 Å². The number of hydrogen-bond acceptors (Lipinski definition) is 5. The standard InChI is InChI=1S/C22H26N4O2S/c1-3-10-23-20(27)16-5-4-11-26(12-16)22-24-18-17(13-29-19(18)21(28)25-22)15-8-6-14(2)7-9-15/h6-9,13,16,19H,3-5,10-12H2,1-2H3,(H,23,27)/t16-,19-/m1/s1. The van der Waals surface area contributed by atoms with E-state index in [-0.39, 0.29) is 23.0 Å². The molecule has 0 aliphatic carbocycles. The molecule has 1 N–H and O–H groups in total. The Kier molecular flexibility index (Phi) is 5.85. The molecular formula is C22H26N4O2S. The van der Waals surface area contributed by atoms with E-state index in [2.05, 4.69) is 41.5 Å². The fourth-order valence-electron chi connectivity index (χ4n) is 3.84. The monoisotopic (exact) mass is 410 g/mol. The van der Waals surface area contributed by atoms with Gasteiger partial charge in [-0.3, -0.25) is 9.59 Å². The lowest BCUT2D eigenvalue weighted by Gasteiger charge is -2.33. The molecule has 1 fully saturated rings. The number of aryl methyl sites for hydroxylation is 1. The van der Waals surface area contributed by atoms with Crippen molar-refractivity contribution in [1.82, 2.24) is 10.2 Å². The van der Waals surface area contributed by atoms with Crippen molar-refractivity contribution in [3.8, 4) is 0 Å². The number of nitrogens with zero attached hydrogens (tertiary/aromatic N) is 3. The first kappa shape index (κ1) is 19.9. The molecular weight excluding hydrogens is 384 g/mol. The van der Waals surface area contributed by atoms with Crippen LogP contribution in [0.15, 0.2) is 39.7 Å². The van der Waals surface area contributed by atoms with Gasteiger partial charge in [-0.05, 0) is 37.2 Å². The van der Waals surface area contributed by atoms with Crippen molar-refractivity contribution in [2.75, 3.05) is 19.6 Å². The highest BCUT2D eigenvalue weighted by molar-refractivity contribution is 8.05. The molecule has 0 saturated carbocycles. The Balaban J connectivity index is 1.54. The summed E-state index contributed by atoms with van der Waals surface area (Å²) >= 11 is 1.47. The average molecular weight is 411 g/mol. The van der Waals surface area contributed by atoms with Crippen LogP contribution in [-0.4, -0.2) is 53.3 Å². The highest BCUT2D eigenvalue weighted by Crippen LogP contribution is 2.37. The Labute approximate surface area is 175 Å². The minimum Gasteiger partial charge on any atom is -0.356 e. The van der Waals surface area contributed by atoms with Gasteiger partial charge >= 0.3 is 0 Å². The normalized spacial score (nSPS) is 23.9. The Morgan fingerprint density at radius 1 is 1.28 bits per heavy atom. The number of rotatable bonds is 4. The van der Waals surface area contributed by atoms with Gasteiger partial charge in [0, 0.05) is 25.2 Å². The van der Waals surface area contributed by atoms with E-state index < -0.39 is 0 Å². The van der Waals surface area contributed by atoms with Crippen LogP contribution in [0.25, 0.3) is 5.57 Å². The van der Waals surface area contributed by atoms with Crippen LogP contribution < -0.4 is 5.32 Å². The number of thioether (sulfide) groups is 1. The molecule has 1 saturated heterocycles. The van der Waals surface area contributed by atoms with Crippen LogP contribution in [0.2, 0.25) is 0 Å². The molecule has 6 nitrogen and oxygen atoms in total. The third-order valence-corrected chi connectivity index (χ3v) is 6.56. The molecule has 0 aromatic heterocycles. The van der Waals surface area contributed by atoms with E-state index in [4.69, 9.17) is 4.99 Å². The van der Waals surface area contributed by atoms with Crippen LogP contribution in [0, 0.1) is 12.8 Å². The number of benzene rings is 1. The van der Waals surface area contributed by atoms with Crippen LogP contribution in [0.5, 0.6) is 0 Å². The van der Waals surface area contributed by atoms with Gasteiger partial charge in [0.2, 0.25) is 11.9 Å². The predicted molar refractivity (Wildman–Crippen MR) is 118 cm³/mol. The molecule has 3 aliphatic heterocycles. The van der Waals surface area contributed by atoms with Crippen molar-refractivity contribution < 1.29 is 9.59 Å². The molecule has 0 spiro atoms. The van der Waals surface area contributed by atoms with Gasteiger partial charge in [0.15, 0.2) is 0 Å².